The molecule has 1 aromatic carbocycles. The fourth-order valence-electron chi connectivity index (χ4n) is 4.51. The zero-order valence-electron chi connectivity index (χ0n) is 17.8. The largest absolute Gasteiger partial charge is 0.371 e. The molecule has 31 heavy (non-hydrogen) atoms. The molecule has 172 valence electrons. The number of amides is 2. The molecule has 0 unspecified atom stereocenters. The first-order chi connectivity index (χ1) is 14.7. The Balaban J connectivity index is 1.23. The Morgan fingerprint density at radius 2 is 1.55 bits per heavy atom. The van der Waals surface area contributed by atoms with Gasteiger partial charge in [-0.25, -0.2) is 26.3 Å². The summed E-state index contributed by atoms with van der Waals surface area (Å²) in [6.45, 7) is 2.14. The molecule has 0 atom stereocenters. The topological polar surface area (TPSA) is 73.0 Å². The van der Waals surface area contributed by atoms with E-state index in [9.17, 15) is 22.0 Å². The molecule has 2 saturated heterocycles. The minimum atomic E-state index is -3.15. The Hall–Kier alpha value is -1.94. The lowest BCUT2D eigenvalue weighted by Gasteiger charge is -2.38. The summed E-state index contributed by atoms with van der Waals surface area (Å²) in [5, 5.41) is 2.87. The van der Waals surface area contributed by atoms with Crippen molar-refractivity contribution in [2.75, 3.05) is 38.1 Å². The van der Waals surface area contributed by atoms with Crippen molar-refractivity contribution in [1.82, 2.24) is 14.5 Å². The maximum atomic E-state index is 13.5. The minimum Gasteiger partial charge on any atom is -0.371 e. The van der Waals surface area contributed by atoms with Gasteiger partial charge in [-0.2, -0.15) is 0 Å². The zero-order valence-corrected chi connectivity index (χ0v) is 18.6. The standard InChI is InChI=1S/C21H30F2N4O3S/c1-25(18-6-10-27(11-7-18)31(29,30)20-2-3-20)21(28)24-17-4-8-26(9-5-17)19-13-15(22)12-16(23)14-19/h12-14,17-18,20H,2-11H2,1H3,(H,24,28). The number of sulfonamides is 1. The van der Waals surface area contributed by atoms with Crippen LogP contribution in [0.25, 0.3) is 0 Å². The summed E-state index contributed by atoms with van der Waals surface area (Å²) < 4.78 is 53.3. The molecule has 0 aromatic heterocycles. The van der Waals surface area contributed by atoms with Crippen LogP contribution in [0.2, 0.25) is 0 Å². The Morgan fingerprint density at radius 1 is 0.968 bits per heavy atom. The quantitative estimate of drug-likeness (QED) is 0.739. The number of nitrogens with zero attached hydrogens (tertiary/aromatic N) is 3. The number of piperidine rings is 2. The predicted molar refractivity (Wildman–Crippen MR) is 114 cm³/mol. The van der Waals surface area contributed by atoms with Gasteiger partial charge in [0.25, 0.3) is 0 Å². The maximum absolute atomic E-state index is 13.5. The molecule has 7 nitrogen and oxygen atoms in total. The highest BCUT2D eigenvalue weighted by Crippen LogP contribution is 2.32. The van der Waals surface area contributed by atoms with Crippen LogP contribution in [0.15, 0.2) is 18.2 Å². The monoisotopic (exact) mass is 456 g/mol. The van der Waals surface area contributed by atoms with E-state index in [1.165, 1.54) is 12.1 Å². The minimum absolute atomic E-state index is 0.0000560. The van der Waals surface area contributed by atoms with Gasteiger partial charge < -0.3 is 15.1 Å². The maximum Gasteiger partial charge on any atom is 0.317 e. The van der Waals surface area contributed by atoms with E-state index in [0.717, 1.165) is 18.9 Å². The van der Waals surface area contributed by atoms with Crippen molar-refractivity contribution in [3.8, 4) is 0 Å². The highest BCUT2D eigenvalue weighted by Gasteiger charge is 2.41. The molecule has 2 heterocycles. The third-order valence-corrected chi connectivity index (χ3v) is 9.03. The van der Waals surface area contributed by atoms with Crippen LogP contribution >= 0.6 is 0 Å². The van der Waals surface area contributed by atoms with Gasteiger partial charge in [0.05, 0.1) is 5.25 Å². The summed E-state index contributed by atoms with van der Waals surface area (Å²) in [6, 6.07) is 3.37. The average Bonchev–Trinajstić information content (AvgIpc) is 3.59. The second kappa shape index (κ2) is 8.90. The summed E-state index contributed by atoms with van der Waals surface area (Å²) in [7, 11) is -1.39. The lowest BCUT2D eigenvalue weighted by Crippen LogP contribution is -2.53. The first-order valence-electron chi connectivity index (χ1n) is 11.0. The van der Waals surface area contributed by atoms with Crippen LogP contribution < -0.4 is 10.2 Å². The van der Waals surface area contributed by atoms with Crippen LogP contribution in [0.4, 0.5) is 19.3 Å². The molecule has 0 spiro atoms. The van der Waals surface area contributed by atoms with Crippen molar-refractivity contribution < 1.29 is 22.0 Å². The number of hydrogen-bond donors (Lipinski definition) is 1. The van der Waals surface area contributed by atoms with Gasteiger partial charge in [-0.05, 0) is 50.7 Å². The average molecular weight is 457 g/mol. The summed E-state index contributed by atoms with van der Waals surface area (Å²) in [6.07, 6.45) is 4.18. The van der Waals surface area contributed by atoms with Gasteiger partial charge >= 0.3 is 6.03 Å². The van der Waals surface area contributed by atoms with Crippen LogP contribution in [-0.4, -0.2) is 74.2 Å². The van der Waals surface area contributed by atoms with Crippen LogP contribution in [0.5, 0.6) is 0 Å². The number of urea groups is 1. The molecular weight excluding hydrogens is 426 g/mol. The van der Waals surface area contributed by atoms with E-state index in [1.54, 1.807) is 16.3 Å². The number of carbonyl (C=O) groups excluding carboxylic acids is 1. The Labute approximate surface area is 182 Å². The number of anilines is 1. The van der Waals surface area contributed by atoms with Gasteiger partial charge in [-0.3, -0.25) is 0 Å². The third kappa shape index (κ3) is 5.11. The number of rotatable bonds is 5. The van der Waals surface area contributed by atoms with Crippen LogP contribution in [0.3, 0.4) is 0 Å². The molecule has 1 saturated carbocycles. The summed E-state index contributed by atoms with van der Waals surface area (Å²) in [5.41, 5.74) is 0.521. The summed E-state index contributed by atoms with van der Waals surface area (Å²) >= 11 is 0. The van der Waals surface area contributed by atoms with Crippen LogP contribution in [-0.2, 0) is 10.0 Å². The zero-order chi connectivity index (χ0) is 22.2. The first kappa shape index (κ1) is 22.3. The fourth-order valence-corrected chi connectivity index (χ4v) is 6.38. The highest BCUT2D eigenvalue weighted by molar-refractivity contribution is 7.90. The lowest BCUT2D eigenvalue weighted by atomic mass is 10.0. The summed E-state index contributed by atoms with van der Waals surface area (Å²) in [4.78, 5) is 16.3. The fraction of sp³-hybridized carbons (Fsp3) is 0.667. The van der Waals surface area contributed by atoms with Gasteiger partial charge in [-0.15, -0.1) is 0 Å². The van der Waals surface area contributed by atoms with Gasteiger partial charge in [0.2, 0.25) is 10.0 Å². The van der Waals surface area contributed by atoms with Crippen molar-refractivity contribution in [2.24, 2.45) is 0 Å². The van der Waals surface area contributed by atoms with Gasteiger partial charge in [0.1, 0.15) is 11.6 Å². The SMILES string of the molecule is CN(C(=O)NC1CCN(c2cc(F)cc(F)c2)CC1)C1CCN(S(=O)(=O)C2CC2)CC1. The van der Waals surface area contributed by atoms with Crippen LogP contribution in [0.1, 0.15) is 38.5 Å². The molecule has 0 radical (unpaired) electrons. The molecule has 1 N–H and O–H groups in total. The van der Waals surface area contributed by atoms with Crippen molar-refractivity contribution in [2.45, 2.75) is 55.9 Å². The number of halogens is 2. The van der Waals surface area contributed by atoms with E-state index in [4.69, 9.17) is 0 Å². The second-order valence-electron chi connectivity index (χ2n) is 8.82. The van der Waals surface area contributed by atoms with E-state index in [-0.39, 0.29) is 23.4 Å². The van der Waals surface area contributed by atoms with Gasteiger partial charge in [-0.1, -0.05) is 0 Å². The Morgan fingerprint density at radius 3 is 2.10 bits per heavy atom. The molecule has 3 aliphatic rings. The van der Waals surface area contributed by atoms with Crippen molar-refractivity contribution >= 4 is 21.7 Å². The first-order valence-corrected chi connectivity index (χ1v) is 12.5. The Bertz CT molecular complexity index is 889. The highest BCUT2D eigenvalue weighted by atomic mass is 32.2. The van der Waals surface area contributed by atoms with Crippen molar-refractivity contribution in [3.63, 3.8) is 0 Å². The number of benzene rings is 1. The Kier molecular flexibility index (Phi) is 6.39. The molecule has 1 aliphatic carbocycles. The number of carbonyl (C=O) groups is 1. The van der Waals surface area contributed by atoms with Crippen molar-refractivity contribution in [1.29, 1.82) is 0 Å². The summed E-state index contributed by atoms with van der Waals surface area (Å²) in [5.74, 6) is -1.19. The molecular formula is C21H30F2N4O3S. The molecule has 4 rings (SSSR count). The third-order valence-electron chi connectivity index (χ3n) is 6.63. The number of nitrogens with one attached hydrogen (secondary N) is 1. The normalized spacial score (nSPS) is 21.8. The molecule has 2 amide bonds. The van der Waals surface area contributed by atoms with Crippen molar-refractivity contribution in [3.05, 3.63) is 29.8 Å². The molecule has 10 heteroatoms. The van der Waals surface area contributed by atoms with Crippen LogP contribution in [0, 0.1) is 11.6 Å². The smallest absolute Gasteiger partial charge is 0.317 e. The van der Waals surface area contributed by atoms with E-state index in [2.05, 4.69) is 5.32 Å². The van der Waals surface area contributed by atoms with E-state index < -0.39 is 21.7 Å². The molecule has 1 aromatic rings. The van der Waals surface area contributed by atoms with Gasteiger partial charge in [0, 0.05) is 57.1 Å². The molecule has 0 bridgehead atoms. The molecule has 3 fully saturated rings. The molecule has 2 aliphatic heterocycles. The predicted octanol–water partition coefficient (Wildman–Crippen LogP) is 2.53. The van der Waals surface area contributed by atoms with E-state index >= 15 is 0 Å². The number of hydrogen-bond acceptors (Lipinski definition) is 4. The lowest BCUT2D eigenvalue weighted by molar-refractivity contribution is 0.158. The van der Waals surface area contributed by atoms with E-state index in [0.29, 0.717) is 57.5 Å². The van der Waals surface area contributed by atoms with Gasteiger partial charge in [0.15, 0.2) is 0 Å². The second-order valence-corrected chi connectivity index (χ2v) is 11.0. The van der Waals surface area contributed by atoms with E-state index in [1.807, 2.05) is 4.90 Å².